The molecule has 1 aliphatic rings. The number of fused-ring (bicyclic) bond motifs is 1. The molecule has 0 atom stereocenters. The molecule has 0 spiro atoms. The number of hydrogen-bond donors (Lipinski definition) is 3. The number of aryl methyl sites for hydroxylation is 1. The summed E-state index contributed by atoms with van der Waals surface area (Å²) in [6, 6.07) is 0. The lowest BCUT2D eigenvalue weighted by Crippen LogP contribution is -2.13. The molecule has 0 amide bonds. The predicted octanol–water partition coefficient (Wildman–Crippen LogP) is 0.465. The van der Waals surface area contributed by atoms with Gasteiger partial charge in [0.25, 0.3) is 0 Å². The van der Waals surface area contributed by atoms with E-state index in [0.717, 1.165) is 16.4 Å². The molecule has 2 heterocycles. The van der Waals surface area contributed by atoms with Crippen LogP contribution < -0.4 is 11.2 Å². The second-order valence-corrected chi connectivity index (χ2v) is 3.22. The highest BCUT2D eigenvalue weighted by Gasteiger charge is 2.15. The lowest BCUT2D eigenvalue weighted by atomic mass is 10.5. The van der Waals surface area contributed by atoms with Crippen molar-refractivity contribution in [1.29, 1.82) is 0 Å². The normalized spacial score (nSPS) is 15.2. The van der Waals surface area contributed by atoms with Gasteiger partial charge in [-0.25, -0.2) is 0 Å². The second kappa shape index (κ2) is 2.16. The Labute approximate surface area is 67.4 Å². The number of nitrogens with two attached hydrogens (primary N) is 1. The molecule has 0 radical (unpaired) electrons. The molecule has 58 valence electrons. The molecule has 11 heavy (non-hydrogen) atoms. The van der Waals surface area contributed by atoms with Crippen molar-refractivity contribution in [3.63, 3.8) is 0 Å². The lowest BCUT2D eigenvalue weighted by molar-refractivity contribution is 1.04. The molecule has 4 N–H and O–H groups in total. The Hall–Kier alpha value is -1.17. The molecule has 1 aromatic rings. The van der Waals surface area contributed by atoms with Crippen molar-refractivity contribution in [2.45, 2.75) is 11.8 Å². The van der Waals surface area contributed by atoms with Crippen molar-refractivity contribution >= 4 is 22.7 Å². The van der Waals surface area contributed by atoms with Crippen LogP contribution >= 0.6 is 11.8 Å². The summed E-state index contributed by atoms with van der Waals surface area (Å²) in [5.74, 6) is 0.752. The predicted molar refractivity (Wildman–Crippen MR) is 44.4 cm³/mol. The molecule has 0 saturated carbocycles. The third kappa shape index (κ3) is 0.949. The molecule has 0 unspecified atom stereocenters. The smallest absolute Gasteiger partial charge is 0.183 e. The summed E-state index contributed by atoms with van der Waals surface area (Å²) in [5, 5.41) is 11.1. The van der Waals surface area contributed by atoms with Gasteiger partial charge in [-0.3, -0.25) is 10.5 Å². The molecule has 0 aromatic carbocycles. The maximum absolute atomic E-state index is 5.49. The Morgan fingerprint density at radius 1 is 1.55 bits per heavy atom. The second-order valence-electron chi connectivity index (χ2n) is 2.19. The first kappa shape index (κ1) is 6.53. The van der Waals surface area contributed by atoms with Crippen LogP contribution in [0.5, 0.6) is 0 Å². The topological polar surface area (TPSA) is 79.1 Å². The van der Waals surface area contributed by atoms with E-state index in [1.54, 1.807) is 0 Å². The van der Waals surface area contributed by atoms with Crippen molar-refractivity contribution in [1.82, 2.24) is 10.2 Å². The average molecular weight is 169 g/mol. The van der Waals surface area contributed by atoms with E-state index in [4.69, 9.17) is 5.73 Å². The maximum atomic E-state index is 5.49. The van der Waals surface area contributed by atoms with Gasteiger partial charge in [-0.15, -0.1) is 5.10 Å². The van der Waals surface area contributed by atoms with Crippen molar-refractivity contribution in [2.24, 2.45) is 10.8 Å². The quantitative estimate of drug-likeness (QED) is 0.527. The van der Waals surface area contributed by atoms with Gasteiger partial charge in [0.2, 0.25) is 0 Å². The largest absolute Gasteiger partial charge is 0.377 e. The maximum Gasteiger partial charge on any atom is 0.183 e. The summed E-state index contributed by atoms with van der Waals surface area (Å²) in [4.78, 5) is 1.03. The Balaban J connectivity index is 2.44. The highest BCUT2D eigenvalue weighted by atomic mass is 32.2. The van der Waals surface area contributed by atoms with Gasteiger partial charge in [-0.2, -0.15) is 5.10 Å². The minimum absolute atomic E-state index is 0.516. The van der Waals surface area contributed by atoms with Crippen LogP contribution in [0.4, 0.5) is 5.82 Å². The Morgan fingerprint density at radius 2 is 2.36 bits per heavy atom. The van der Waals surface area contributed by atoms with Gasteiger partial charge < -0.3 is 5.73 Å². The molecule has 0 saturated heterocycles. The van der Waals surface area contributed by atoms with Crippen LogP contribution in [0.3, 0.4) is 0 Å². The number of aromatic amines is 1. The number of anilines is 1. The van der Waals surface area contributed by atoms with E-state index in [1.807, 2.05) is 6.92 Å². The van der Waals surface area contributed by atoms with E-state index in [1.165, 1.54) is 11.8 Å². The SMILES string of the molecule is Cc1[nH]nc2c1SC(N)=NN2. The third-order valence-electron chi connectivity index (χ3n) is 1.37. The van der Waals surface area contributed by atoms with Gasteiger partial charge in [0.05, 0.1) is 4.90 Å². The van der Waals surface area contributed by atoms with Crippen LogP contribution in [0.15, 0.2) is 10.00 Å². The Bertz CT molecular complexity index is 315. The molecule has 1 aliphatic heterocycles. The Kier molecular flexibility index (Phi) is 1.28. The summed E-state index contributed by atoms with van der Waals surface area (Å²) >= 11 is 1.42. The standard InChI is InChI=1S/C5H7N5S/c1-2-3-4(8-7-2)9-10-5(6)11-3/h1H3,(H2,6,10)(H2,7,8,9). The van der Waals surface area contributed by atoms with Crippen LogP contribution in [0.1, 0.15) is 5.69 Å². The van der Waals surface area contributed by atoms with Crippen LogP contribution in [0, 0.1) is 6.92 Å². The van der Waals surface area contributed by atoms with E-state index < -0.39 is 0 Å². The van der Waals surface area contributed by atoms with E-state index in [2.05, 4.69) is 20.7 Å². The molecular formula is C5H7N5S. The van der Waals surface area contributed by atoms with Gasteiger partial charge in [0.15, 0.2) is 11.0 Å². The minimum Gasteiger partial charge on any atom is -0.377 e. The number of rotatable bonds is 0. The van der Waals surface area contributed by atoms with Gasteiger partial charge in [-0.1, -0.05) is 0 Å². The molecule has 0 aliphatic carbocycles. The molecule has 0 bridgehead atoms. The van der Waals surface area contributed by atoms with Crippen LogP contribution in [-0.2, 0) is 0 Å². The molecule has 2 rings (SSSR count). The van der Waals surface area contributed by atoms with E-state index in [-0.39, 0.29) is 0 Å². The summed E-state index contributed by atoms with van der Waals surface area (Å²) < 4.78 is 0. The zero-order valence-electron chi connectivity index (χ0n) is 5.88. The van der Waals surface area contributed by atoms with Crippen molar-refractivity contribution in [3.05, 3.63) is 5.69 Å². The van der Waals surface area contributed by atoms with Crippen molar-refractivity contribution < 1.29 is 0 Å². The summed E-state index contributed by atoms with van der Waals surface area (Å²) in [7, 11) is 0. The van der Waals surface area contributed by atoms with E-state index >= 15 is 0 Å². The molecule has 5 nitrogen and oxygen atoms in total. The number of H-pyrrole nitrogens is 1. The summed E-state index contributed by atoms with van der Waals surface area (Å²) in [6.45, 7) is 1.94. The fourth-order valence-corrected chi connectivity index (χ4v) is 1.54. The molecule has 6 heteroatoms. The fourth-order valence-electron chi connectivity index (χ4n) is 0.855. The number of thioether (sulfide) groups is 1. The number of hydrazone groups is 1. The monoisotopic (exact) mass is 169 g/mol. The number of nitrogens with zero attached hydrogens (tertiary/aromatic N) is 2. The number of hydrogen-bond acceptors (Lipinski definition) is 5. The van der Waals surface area contributed by atoms with Crippen LogP contribution in [-0.4, -0.2) is 15.4 Å². The highest BCUT2D eigenvalue weighted by molar-refractivity contribution is 8.14. The number of nitrogens with one attached hydrogen (secondary N) is 2. The fraction of sp³-hybridized carbons (Fsp3) is 0.200. The van der Waals surface area contributed by atoms with Gasteiger partial charge in [0.1, 0.15) is 0 Å². The first-order chi connectivity index (χ1) is 5.27. The van der Waals surface area contributed by atoms with Gasteiger partial charge >= 0.3 is 0 Å². The van der Waals surface area contributed by atoms with E-state index in [9.17, 15) is 0 Å². The van der Waals surface area contributed by atoms with Gasteiger partial charge in [0, 0.05) is 5.69 Å². The van der Waals surface area contributed by atoms with Crippen molar-refractivity contribution in [2.75, 3.05) is 5.43 Å². The number of aromatic nitrogens is 2. The van der Waals surface area contributed by atoms with E-state index in [0.29, 0.717) is 5.17 Å². The van der Waals surface area contributed by atoms with Crippen LogP contribution in [0.25, 0.3) is 0 Å². The first-order valence-electron chi connectivity index (χ1n) is 3.09. The molecular weight excluding hydrogens is 162 g/mol. The average Bonchev–Trinajstić information content (AvgIpc) is 2.33. The van der Waals surface area contributed by atoms with Crippen molar-refractivity contribution in [3.8, 4) is 0 Å². The lowest BCUT2D eigenvalue weighted by Gasteiger charge is -2.07. The molecule has 1 aromatic heterocycles. The molecule has 0 fully saturated rings. The zero-order valence-corrected chi connectivity index (χ0v) is 6.70. The summed E-state index contributed by atoms with van der Waals surface area (Å²) in [6.07, 6.45) is 0. The number of amidine groups is 1. The minimum atomic E-state index is 0.516. The highest BCUT2D eigenvalue weighted by Crippen LogP contribution is 2.31. The zero-order chi connectivity index (χ0) is 7.84. The van der Waals surface area contributed by atoms with Crippen LogP contribution in [0.2, 0.25) is 0 Å². The Morgan fingerprint density at radius 3 is 3.18 bits per heavy atom. The first-order valence-corrected chi connectivity index (χ1v) is 3.91. The summed E-state index contributed by atoms with van der Waals surface area (Å²) in [5.41, 5.74) is 9.23. The third-order valence-corrected chi connectivity index (χ3v) is 2.37. The van der Waals surface area contributed by atoms with Gasteiger partial charge in [-0.05, 0) is 18.7 Å².